The molecule has 88 valence electrons. The lowest BCUT2D eigenvalue weighted by molar-refractivity contribution is -0.119. The molecule has 1 aromatic carbocycles. The minimum atomic E-state index is -0.0862. The highest BCUT2D eigenvalue weighted by molar-refractivity contribution is 6.39. The summed E-state index contributed by atoms with van der Waals surface area (Å²) in [5.74, 6) is -0.0862. The normalized spacial score (nSPS) is 10.2. The third-order valence-corrected chi connectivity index (χ3v) is 2.78. The Balaban J connectivity index is 2.87. The van der Waals surface area contributed by atoms with Crippen LogP contribution < -0.4 is 4.90 Å². The summed E-state index contributed by atoms with van der Waals surface area (Å²) in [5, 5.41) is 0.918. The van der Waals surface area contributed by atoms with Gasteiger partial charge in [0, 0.05) is 14.2 Å². The largest absolute Gasteiger partial charge is 0.384 e. The number of carbonyl (C=O) groups is 1. The number of anilines is 1. The number of rotatable bonds is 4. The van der Waals surface area contributed by atoms with Gasteiger partial charge in [0.15, 0.2) is 0 Å². The van der Waals surface area contributed by atoms with Crippen LogP contribution in [0.1, 0.15) is 6.42 Å². The van der Waals surface area contributed by atoms with E-state index < -0.39 is 0 Å². The van der Waals surface area contributed by atoms with Crippen LogP contribution in [0.3, 0.4) is 0 Å². The molecular weight excluding hydrogens is 249 g/mol. The molecule has 5 heteroatoms. The minimum absolute atomic E-state index is 0.0862. The second kappa shape index (κ2) is 6.09. The number of halogens is 2. The lowest BCUT2D eigenvalue weighted by Crippen LogP contribution is -2.27. The topological polar surface area (TPSA) is 29.5 Å². The highest BCUT2D eigenvalue weighted by Gasteiger charge is 2.16. The van der Waals surface area contributed by atoms with Gasteiger partial charge in [0.05, 0.1) is 28.8 Å². The number of hydrogen-bond acceptors (Lipinski definition) is 2. The van der Waals surface area contributed by atoms with E-state index in [-0.39, 0.29) is 5.91 Å². The first-order chi connectivity index (χ1) is 7.57. The number of carbonyl (C=O) groups excluding carboxylic acids is 1. The number of benzene rings is 1. The Morgan fingerprint density at radius 1 is 1.38 bits per heavy atom. The van der Waals surface area contributed by atoms with E-state index in [2.05, 4.69) is 0 Å². The third-order valence-electron chi connectivity index (χ3n) is 2.17. The van der Waals surface area contributed by atoms with E-state index in [4.69, 9.17) is 27.9 Å². The van der Waals surface area contributed by atoms with Crippen molar-refractivity contribution < 1.29 is 9.53 Å². The van der Waals surface area contributed by atoms with Crippen LogP contribution in [0.5, 0.6) is 0 Å². The molecule has 0 fully saturated rings. The van der Waals surface area contributed by atoms with Crippen molar-refractivity contribution in [3.8, 4) is 0 Å². The Hall–Kier alpha value is -0.770. The van der Waals surface area contributed by atoms with E-state index in [1.165, 1.54) is 4.90 Å². The van der Waals surface area contributed by atoms with Crippen molar-refractivity contribution in [1.29, 1.82) is 0 Å². The van der Waals surface area contributed by atoms with Gasteiger partial charge in [-0.1, -0.05) is 29.3 Å². The van der Waals surface area contributed by atoms with Crippen LogP contribution in [0.4, 0.5) is 5.69 Å². The molecule has 0 N–H and O–H groups in total. The first-order valence-electron chi connectivity index (χ1n) is 4.77. The second-order valence-corrected chi connectivity index (χ2v) is 4.08. The molecule has 0 radical (unpaired) electrons. The fourth-order valence-corrected chi connectivity index (χ4v) is 1.94. The van der Waals surface area contributed by atoms with Crippen molar-refractivity contribution in [3.63, 3.8) is 0 Å². The number of nitrogens with zero attached hydrogens (tertiary/aromatic N) is 1. The molecule has 0 aromatic heterocycles. The predicted octanol–water partition coefficient (Wildman–Crippen LogP) is 2.99. The molecule has 0 heterocycles. The van der Waals surface area contributed by atoms with Crippen molar-refractivity contribution >= 4 is 34.8 Å². The second-order valence-electron chi connectivity index (χ2n) is 3.27. The van der Waals surface area contributed by atoms with E-state index in [0.717, 1.165) is 0 Å². The molecule has 0 aliphatic carbocycles. The molecular formula is C11H13Cl2NO2. The Morgan fingerprint density at radius 2 is 1.94 bits per heavy atom. The molecule has 0 unspecified atom stereocenters. The first-order valence-corrected chi connectivity index (χ1v) is 5.53. The summed E-state index contributed by atoms with van der Waals surface area (Å²) in [5.41, 5.74) is 0.534. The standard InChI is InChI=1S/C11H13Cl2NO2/c1-14(10(15)6-7-16-2)11-8(12)4-3-5-9(11)13/h3-5H,6-7H2,1-2H3. The van der Waals surface area contributed by atoms with Gasteiger partial charge in [0.2, 0.25) is 5.91 Å². The first kappa shape index (κ1) is 13.3. The fraction of sp³-hybridized carbons (Fsp3) is 0.364. The van der Waals surface area contributed by atoms with Crippen molar-refractivity contribution in [3.05, 3.63) is 28.2 Å². The quantitative estimate of drug-likeness (QED) is 0.834. The molecule has 1 rings (SSSR count). The molecule has 0 bridgehead atoms. The van der Waals surface area contributed by atoms with E-state index in [1.54, 1.807) is 32.4 Å². The van der Waals surface area contributed by atoms with Gasteiger partial charge in [-0.2, -0.15) is 0 Å². The monoisotopic (exact) mass is 261 g/mol. The molecule has 0 aliphatic heterocycles. The molecule has 3 nitrogen and oxygen atoms in total. The molecule has 1 amide bonds. The van der Waals surface area contributed by atoms with Gasteiger partial charge >= 0.3 is 0 Å². The number of amides is 1. The van der Waals surface area contributed by atoms with Crippen LogP contribution in [0.15, 0.2) is 18.2 Å². The average Bonchev–Trinajstić information content (AvgIpc) is 2.25. The molecule has 0 spiro atoms. The maximum absolute atomic E-state index is 11.7. The third kappa shape index (κ3) is 3.11. The Bertz CT molecular complexity index is 362. The molecule has 0 saturated carbocycles. The highest BCUT2D eigenvalue weighted by atomic mass is 35.5. The Labute approximate surface area is 105 Å². The van der Waals surface area contributed by atoms with E-state index in [1.807, 2.05) is 0 Å². The van der Waals surface area contributed by atoms with Crippen molar-refractivity contribution in [2.75, 3.05) is 25.7 Å². The number of ether oxygens (including phenoxy) is 1. The van der Waals surface area contributed by atoms with E-state index in [0.29, 0.717) is 28.8 Å². The molecule has 0 saturated heterocycles. The van der Waals surface area contributed by atoms with Gasteiger partial charge in [-0.05, 0) is 12.1 Å². The summed E-state index contributed by atoms with van der Waals surface area (Å²) in [4.78, 5) is 13.2. The van der Waals surface area contributed by atoms with Crippen LogP contribution >= 0.6 is 23.2 Å². The van der Waals surface area contributed by atoms with Crippen LogP contribution in [-0.4, -0.2) is 26.7 Å². The molecule has 1 aromatic rings. The summed E-state index contributed by atoms with van der Waals surface area (Å²) < 4.78 is 4.85. The Morgan fingerprint density at radius 3 is 2.44 bits per heavy atom. The number of methoxy groups -OCH3 is 1. The average molecular weight is 262 g/mol. The zero-order valence-electron chi connectivity index (χ0n) is 9.17. The zero-order chi connectivity index (χ0) is 12.1. The van der Waals surface area contributed by atoms with Crippen molar-refractivity contribution in [2.24, 2.45) is 0 Å². The lowest BCUT2D eigenvalue weighted by atomic mass is 10.2. The van der Waals surface area contributed by atoms with Gasteiger partial charge in [0.25, 0.3) is 0 Å². The van der Waals surface area contributed by atoms with Crippen LogP contribution in [0.2, 0.25) is 10.0 Å². The highest BCUT2D eigenvalue weighted by Crippen LogP contribution is 2.32. The summed E-state index contributed by atoms with van der Waals surface area (Å²) in [6.45, 7) is 0.380. The fourth-order valence-electron chi connectivity index (χ4n) is 1.29. The number of para-hydroxylation sites is 1. The zero-order valence-corrected chi connectivity index (χ0v) is 10.7. The summed E-state index contributed by atoms with van der Waals surface area (Å²) in [7, 11) is 3.20. The summed E-state index contributed by atoms with van der Waals surface area (Å²) in [6, 6.07) is 5.13. The maximum atomic E-state index is 11.7. The van der Waals surface area contributed by atoms with Gasteiger partial charge < -0.3 is 9.64 Å². The lowest BCUT2D eigenvalue weighted by Gasteiger charge is -2.19. The molecule has 0 aliphatic rings. The van der Waals surface area contributed by atoms with Gasteiger partial charge in [-0.3, -0.25) is 4.79 Å². The minimum Gasteiger partial charge on any atom is -0.384 e. The molecule has 16 heavy (non-hydrogen) atoms. The smallest absolute Gasteiger partial charge is 0.229 e. The summed E-state index contributed by atoms with van der Waals surface area (Å²) in [6.07, 6.45) is 0.300. The van der Waals surface area contributed by atoms with Crippen LogP contribution in [-0.2, 0) is 9.53 Å². The van der Waals surface area contributed by atoms with Crippen molar-refractivity contribution in [2.45, 2.75) is 6.42 Å². The van der Waals surface area contributed by atoms with Gasteiger partial charge in [0.1, 0.15) is 0 Å². The van der Waals surface area contributed by atoms with E-state index in [9.17, 15) is 4.79 Å². The van der Waals surface area contributed by atoms with Gasteiger partial charge in [-0.25, -0.2) is 0 Å². The predicted molar refractivity (Wildman–Crippen MR) is 66.4 cm³/mol. The van der Waals surface area contributed by atoms with Crippen LogP contribution in [0.25, 0.3) is 0 Å². The van der Waals surface area contributed by atoms with Crippen LogP contribution in [0, 0.1) is 0 Å². The van der Waals surface area contributed by atoms with Crippen molar-refractivity contribution in [1.82, 2.24) is 0 Å². The van der Waals surface area contributed by atoms with Gasteiger partial charge in [-0.15, -0.1) is 0 Å². The SMILES string of the molecule is COCCC(=O)N(C)c1c(Cl)cccc1Cl. The molecule has 0 atom stereocenters. The Kier molecular flexibility index (Phi) is 5.06. The van der Waals surface area contributed by atoms with E-state index >= 15 is 0 Å². The number of hydrogen-bond donors (Lipinski definition) is 0. The maximum Gasteiger partial charge on any atom is 0.229 e. The summed E-state index contributed by atoms with van der Waals surface area (Å²) >= 11 is 12.0.